The zero-order chi connectivity index (χ0) is 16.7. The van der Waals surface area contributed by atoms with Gasteiger partial charge in [0.2, 0.25) is 11.8 Å². The van der Waals surface area contributed by atoms with Gasteiger partial charge in [0.1, 0.15) is 6.54 Å². The van der Waals surface area contributed by atoms with Crippen molar-refractivity contribution in [3.63, 3.8) is 0 Å². The summed E-state index contributed by atoms with van der Waals surface area (Å²) in [5.41, 5.74) is 0. The van der Waals surface area contributed by atoms with Crippen molar-refractivity contribution in [2.45, 2.75) is 57.0 Å². The van der Waals surface area contributed by atoms with E-state index in [-0.39, 0.29) is 48.4 Å². The lowest BCUT2D eigenvalue weighted by atomic mass is 9.96. The van der Waals surface area contributed by atoms with E-state index in [0.29, 0.717) is 25.0 Å². The summed E-state index contributed by atoms with van der Waals surface area (Å²) in [5.74, 6) is 0.768. The normalized spacial score (nSPS) is 22.2. The van der Waals surface area contributed by atoms with E-state index in [9.17, 15) is 9.59 Å². The molecule has 2 aliphatic rings. The van der Waals surface area contributed by atoms with Crippen LogP contribution in [0.3, 0.4) is 0 Å². The van der Waals surface area contributed by atoms with Crippen molar-refractivity contribution in [2.24, 2.45) is 4.99 Å². The Morgan fingerprint density at radius 2 is 1.83 bits per heavy atom. The third-order valence-electron chi connectivity index (χ3n) is 4.42. The molecular weight excluding hydrogens is 421 g/mol. The summed E-state index contributed by atoms with van der Waals surface area (Å²) < 4.78 is 0. The van der Waals surface area contributed by atoms with Gasteiger partial charge < -0.3 is 20.9 Å². The predicted molar refractivity (Wildman–Crippen MR) is 106 cm³/mol. The average molecular weight is 451 g/mol. The summed E-state index contributed by atoms with van der Waals surface area (Å²) in [4.78, 5) is 29.0. The summed E-state index contributed by atoms with van der Waals surface area (Å²) >= 11 is 0. The molecular formula is C16H30IN5O2. The average Bonchev–Trinajstić information content (AvgIpc) is 2.55. The Morgan fingerprint density at radius 1 is 1.17 bits per heavy atom. The van der Waals surface area contributed by atoms with Gasteiger partial charge in [0.05, 0.1) is 0 Å². The molecule has 0 aromatic rings. The molecule has 0 spiro atoms. The molecule has 0 aromatic carbocycles. The second-order valence-corrected chi connectivity index (χ2v) is 6.62. The molecule has 1 saturated carbocycles. The molecule has 138 valence electrons. The van der Waals surface area contributed by atoms with Crippen LogP contribution in [-0.2, 0) is 9.59 Å². The van der Waals surface area contributed by atoms with Crippen LogP contribution < -0.4 is 16.0 Å². The van der Waals surface area contributed by atoms with Crippen molar-refractivity contribution in [1.82, 2.24) is 20.9 Å². The summed E-state index contributed by atoms with van der Waals surface area (Å²) in [6, 6.07) is 0.583. The molecule has 0 radical (unpaired) electrons. The van der Waals surface area contributed by atoms with Gasteiger partial charge in [-0.1, -0.05) is 19.3 Å². The first kappa shape index (κ1) is 21.0. The topological polar surface area (TPSA) is 85.8 Å². The maximum Gasteiger partial charge on any atom is 0.243 e. The number of hydrogen-bond acceptors (Lipinski definition) is 3. The summed E-state index contributed by atoms with van der Waals surface area (Å²) in [7, 11) is 3.46. The smallest absolute Gasteiger partial charge is 0.243 e. The number of likely N-dealkylation sites (N-methyl/N-ethyl adjacent to an activating group) is 1. The molecule has 3 N–H and O–H groups in total. The molecule has 0 bridgehead atoms. The molecule has 8 heteroatoms. The third-order valence-corrected chi connectivity index (χ3v) is 4.42. The van der Waals surface area contributed by atoms with Crippen molar-refractivity contribution >= 4 is 41.8 Å². The van der Waals surface area contributed by atoms with Gasteiger partial charge in [0.15, 0.2) is 5.96 Å². The van der Waals surface area contributed by atoms with Crippen molar-refractivity contribution in [1.29, 1.82) is 0 Å². The Bertz CT molecular complexity index is 440. The minimum atomic E-state index is -0.0216. The molecule has 1 saturated heterocycles. The Balaban J connectivity index is 0.00000288. The van der Waals surface area contributed by atoms with E-state index in [4.69, 9.17) is 0 Å². The van der Waals surface area contributed by atoms with E-state index in [0.717, 1.165) is 19.3 Å². The van der Waals surface area contributed by atoms with E-state index >= 15 is 0 Å². The quantitative estimate of drug-likeness (QED) is 0.336. The standard InChI is InChI=1S/C16H29N5O2.HI/c1-21(2)15(23)11-18-16(19-12-6-4-3-5-7-12)20-13-8-9-14(22)17-10-13;/h12-13H,3-11H2,1-2H3,(H,17,22)(H2,18,19,20);1H. The second kappa shape index (κ2) is 10.7. The highest BCUT2D eigenvalue weighted by atomic mass is 127. The van der Waals surface area contributed by atoms with Crippen molar-refractivity contribution < 1.29 is 9.59 Å². The highest BCUT2D eigenvalue weighted by molar-refractivity contribution is 14.0. The number of rotatable bonds is 4. The number of piperidine rings is 1. The fourth-order valence-corrected chi connectivity index (χ4v) is 2.91. The molecule has 7 nitrogen and oxygen atoms in total. The Hall–Kier alpha value is -1.06. The predicted octanol–water partition coefficient (Wildman–Crippen LogP) is 0.839. The van der Waals surface area contributed by atoms with Gasteiger partial charge in [0, 0.05) is 39.1 Å². The van der Waals surface area contributed by atoms with E-state index in [1.807, 2.05) is 0 Å². The number of aliphatic imine (C=N–C) groups is 1. The maximum absolute atomic E-state index is 11.8. The van der Waals surface area contributed by atoms with Gasteiger partial charge in [-0.25, -0.2) is 4.99 Å². The van der Waals surface area contributed by atoms with Gasteiger partial charge in [-0.3, -0.25) is 9.59 Å². The first-order valence-electron chi connectivity index (χ1n) is 8.59. The fourth-order valence-electron chi connectivity index (χ4n) is 2.91. The Kier molecular flexibility index (Phi) is 9.38. The lowest BCUT2D eigenvalue weighted by Crippen LogP contribution is -2.53. The minimum Gasteiger partial charge on any atom is -0.354 e. The number of nitrogens with zero attached hydrogens (tertiary/aromatic N) is 2. The van der Waals surface area contributed by atoms with Gasteiger partial charge in [-0.15, -0.1) is 24.0 Å². The van der Waals surface area contributed by atoms with Crippen LogP contribution in [0.5, 0.6) is 0 Å². The van der Waals surface area contributed by atoms with E-state index in [1.54, 1.807) is 19.0 Å². The first-order valence-corrected chi connectivity index (χ1v) is 8.59. The number of carbonyl (C=O) groups excluding carboxylic acids is 2. The molecule has 2 amide bonds. The van der Waals surface area contributed by atoms with Gasteiger partial charge in [0.25, 0.3) is 0 Å². The molecule has 2 rings (SSSR count). The number of halogens is 1. The summed E-state index contributed by atoms with van der Waals surface area (Å²) in [5, 5.41) is 9.70. The molecule has 1 aliphatic heterocycles. The largest absolute Gasteiger partial charge is 0.354 e. The van der Waals surface area contributed by atoms with Gasteiger partial charge in [-0.2, -0.15) is 0 Å². The highest BCUT2D eigenvalue weighted by Gasteiger charge is 2.21. The molecule has 1 unspecified atom stereocenters. The van der Waals surface area contributed by atoms with Crippen LogP contribution in [0.2, 0.25) is 0 Å². The zero-order valence-electron chi connectivity index (χ0n) is 14.6. The fraction of sp³-hybridized carbons (Fsp3) is 0.812. The molecule has 1 heterocycles. The monoisotopic (exact) mass is 451 g/mol. The van der Waals surface area contributed by atoms with Crippen LogP contribution >= 0.6 is 24.0 Å². The SMILES string of the molecule is CN(C)C(=O)CN=C(NC1CCCCC1)NC1CCC(=O)NC1.I. The number of guanidine groups is 1. The van der Waals surface area contributed by atoms with Crippen LogP contribution in [0, 0.1) is 0 Å². The molecule has 2 fully saturated rings. The number of amides is 2. The molecule has 1 aliphatic carbocycles. The molecule has 1 atom stereocenters. The van der Waals surface area contributed by atoms with Crippen molar-refractivity contribution in [3.8, 4) is 0 Å². The van der Waals surface area contributed by atoms with E-state index < -0.39 is 0 Å². The van der Waals surface area contributed by atoms with Crippen LogP contribution in [0.15, 0.2) is 4.99 Å². The van der Waals surface area contributed by atoms with Crippen LogP contribution in [0.4, 0.5) is 0 Å². The van der Waals surface area contributed by atoms with Gasteiger partial charge in [-0.05, 0) is 19.3 Å². The van der Waals surface area contributed by atoms with Crippen molar-refractivity contribution in [3.05, 3.63) is 0 Å². The van der Waals surface area contributed by atoms with Crippen LogP contribution in [0.1, 0.15) is 44.9 Å². The van der Waals surface area contributed by atoms with E-state index in [1.165, 1.54) is 19.3 Å². The third kappa shape index (κ3) is 7.23. The Labute approximate surface area is 161 Å². The molecule has 0 aromatic heterocycles. The second-order valence-electron chi connectivity index (χ2n) is 6.62. The minimum absolute atomic E-state index is 0. The summed E-state index contributed by atoms with van der Waals surface area (Å²) in [6.07, 6.45) is 7.38. The Morgan fingerprint density at radius 3 is 2.42 bits per heavy atom. The maximum atomic E-state index is 11.8. The number of carbonyl (C=O) groups is 2. The lowest BCUT2D eigenvalue weighted by Gasteiger charge is -2.29. The van der Waals surface area contributed by atoms with E-state index in [2.05, 4.69) is 20.9 Å². The number of nitrogens with one attached hydrogen (secondary N) is 3. The van der Waals surface area contributed by atoms with Crippen LogP contribution in [0.25, 0.3) is 0 Å². The van der Waals surface area contributed by atoms with Crippen LogP contribution in [-0.4, -0.2) is 61.9 Å². The zero-order valence-corrected chi connectivity index (χ0v) is 17.0. The first-order chi connectivity index (χ1) is 11.0. The van der Waals surface area contributed by atoms with Crippen molar-refractivity contribution in [2.75, 3.05) is 27.2 Å². The van der Waals surface area contributed by atoms with Gasteiger partial charge >= 0.3 is 0 Å². The summed E-state index contributed by atoms with van der Waals surface area (Å²) in [6.45, 7) is 0.736. The highest BCUT2D eigenvalue weighted by Crippen LogP contribution is 2.17. The number of hydrogen-bond donors (Lipinski definition) is 3. The molecule has 24 heavy (non-hydrogen) atoms. The lowest BCUT2D eigenvalue weighted by molar-refractivity contribution is -0.127.